The molecule has 0 radical (unpaired) electrons. The Labute approximate surface area is 75.8 Å². The van der Waals surface area contributed by atoms with E-state index < -0.39 is 6.04 Å². The van der Waals surface area contributed by atoms with E-state index in [1.807, 2.05) is 6.07 Å². The summed E-state index contributed by atoms with van der Waals surface area (Å²) >= 11 is 0. The maximum atomic E-state index is 9.13. The first-order chi connectivity index (χ1) is 6.15. The zero-order valence-corrected chi connectivity index (χ0v) is 6.94. The summed E-state index contributed by atoms with van der Waals surface area (Å²) in [5.74, 6) is -0.404. The van der Waals surface area contributed by atoms with Crippen LogP contribution in [-0.4, -0.2) is 10.2 Å². The van der Waals surface area contributed by atoms with Gasteiger partial charge in [0, 0.05) is 6.04 Å². The Morgan fingerprint density at radius 2 is 2.08 bits per heavy atom. The zero-order chi connectivity index (χ0) is 9.84. The minimum absolute atomic E-state index is 0.185. The molecule has 1 rings (SSSR count). The topological polar surface area (TPSA) is 90.3 Å². The van der Waals surface area contributed by atoms with Gasteiger partial charge >= 0.3 is 0 Å². The molecule has 68 valence electrons. The Balaban J connectivity index is 2.91. The van der Waals surface area contributed by atoms with Gasteiger partial charge in [0.1, 0.15) is 0 Å². The van der Waals surface area contributed by atoms with Gasteiger partial charge in [0.2, 0.25) is 0 Å². The van der Waals surface area contributed by atoms with Crippen LogP contribution in [-0.2, 0) is 0 Å². The Kier molecular flexibility index (Phi) is 2.72. The minimum Gasteiger partial charge on any atom is -0.504 e. The van der Waals surface area contributed by atoms with Crippen molar-refractivity contribution in [3.63, 3.8) is 0 Å². The minimum atomic E-state index is -0.420. The summed E-state index contributed by atoms with van der Waals surface area (Å²) in [6.07, 6.45) is 0.185. The van der Waals surface area contributed by atoms with E-state index in [2.05, 4.69) is 0 Å². The highest BCUT2D eigenvalue weighted by Crippen LogP contribution is 2.27. The van der Waals surface area contributed by atoms with Crippen LogP contribution in [0.4, 0.5) is 0 Å². The van der Waals surface area contributed by atoms with Gasteiger partial charge in [-0.2, -0.15) is 5.26 Å². The summed E-state index contributed by atoms with van der Waals surface area (Å²) in [5, 5.41) is 26.5. The van der Waals surface area contributed by atoms with Crippen LogP contribution < -0.4 is 5.73 Å². The first-order valence-corrected chi connectivity index (χ1v) is 3.79. The van der Waals surface area contributed by atoms with Crippen LogP contribution in [0.2, 0.25) is 0 Å². The van der Waals surface area contributed by atoms with Crippen LogP contribution in [0.3, 0.4) is 0 Å². The molecule has 4 heteroatoms. The predicted octanol–water partition coefficient (Wildman–Crippen LogP) is 1.01. The molecule has 1 aromatic rings. The van der Waals surface area contributed by atoms with Crippen molar-refractivity contribution in [1.82, 2.24) is 0 Å². The number of hydrogen-bond donors (Lipinski definition) is 3. The molecule has 0 bridgehead atoms. The lowest BCUT2D eigenvalue weighted by atomic mass is 10.1. The van der Waals surface area contributed by atoms with Crippen LogP contribution in [0, 0.1) is 11.3 Å². The lowest BCUT2D eigenvalue weighted by Gasteiger charge is -2.08. The van der Waals surface area contributed by atoms with Crippen molar-refractivity contribution < 1.29 is 10.2 Å². The van der Waals surface area contributed by atoms with E-state index in [-0.39, 0.29) is 17.9 Å². The molecule has 0 heterocycles. The second-order valence-electron chi connectivity index (χ2n) is 2.72. The molecule has 0 saturated heterocycles. The Bertz CT molecular complexity index is 344. The van der Waals surface area contributed by atoms with Gasteiger partial charge in [0.25, 0.3) is 0 Å². The summed E-state index contributed by atoms with van der Waals surface area (Å²) in [5.41, 5.74) is 6.25. The van der Waals surface area contributed by atoms with Crippen molar-refractivity contribution in [1.29, 1.82) is 5.26 Å². The van der Waals surface area contributed by atoms with Crippen molar-refractivity contribution in [3.05, 3.63) is 23.8 Å². The third-order valence-corrected chi connectivity index (χ3v) is 1.74. The normalized spacial score (nSPS) is 12.0. The third-order valence-electron chi connectivity index (χ3n) is 1.74. The standard InChI is InChI=1S/C9H10N2O2/c10-4-3-7(11)6-1-2-8(12)9(13)5-6/h1-2,5,7,12-13H,3,11H2/t7-/m0/s1. The monoisotopic (exact) mass is 178 g/mol. The van der Waals surface area contributed by atoms with Crippen LogP contribution >= 0.6 is 0 Å². The maximum Gasteiger partial charge on any atom is 0.157 e. The van der Waals surface area contributed by atoms with E-state index in [1.165, 1.54) is 12.1 Å². The second kappa shape index (κ2) is 3.78. The van der Waals surface area contributed by atoms with Crippen molar-refractivity contribution in [2.24, 2.45) is 5.73 Å². The summed E-state index contributed by atoms with van der Waals surface area (Å²) in [7, 11) is 0. The number of phenolic OH excluding ortho intramolecular Hbond substituents is 2. The largest absolute Gasteiger partial charge is 0.504 e. The van der Waals surface area contributed by atoms with Gasteiger partial charge < -0.3 is 15.9 Å². The first kappa shape index (κ1) is 9.36. The SMILES string of the molecule is N#CC[C@H](N)c1ccc(O)c(O)c1. The molecule has 1 atom stereocenters. The molecule has 4 nitrogen and oxygen atoms in total. The number of nitriles is 1. The van der Waals surface area contributed by atoms with E-state index in [1.54, 1.807) is 6.07 Å². The maximum absolute atomic E-state index is 9.13. The number of nitrogens with two attached hydrogens (primary N) is 1. The molecule has 0 amide bonds. The number of phenols is 2. The van der Waals surface area contributed by atoms with E-state index >= 15 is 0 Å². The Hall–Kier alpha value is -1.73. The van der Waals surface area contributed by atoms with Crippen LogP contribution in [0.1, 0.15) is 18.0 Å². The van der Waals surface area contributed by atoms with Gasteiger partial charge in [0.15, 0.2) is 11.5 Å². The molecule has 0 spiro atoms. The van der Waals surface area contributed by atoms with Crippen molar-refractivity contribution in [2.75, 3.05) is 0 Å². The summed E-state index contributed by atoms with van der Waals surface area (Å²) < 4.78 is 0. The molecule has 1 aromatic carbocycles. The highest BCUT2D eigenvalue weighted by molar-refractivity contribution is 5.41. The molecule has 4 N–H and O–H groups in total. The highest BCUT2D eigenvalue weighted by Gasteiger charge is 2.07. The van der Waals surface area contributed by atoms with Crippen molar-refractivity contribution >= 4 is 0 Å². The molecule has 0 aromatic heterocycles. The molecule has 13 heavy (non-hydrogen) atoms. The van der Waals surface area contributed by atoms with Gasteiger partial charge in [-0.3, -0.25) is 0 Å². The van der Waals surface area contributed by atoms with Crippen molar-refractivity contribution in [3.8, 4) is 17.6 Å². The quantitative estimate of drug-likeness (QED) is 0.589. The van der Waals surface area contributed by atoms with Crippen LogP contribution in [0.25, 0.3) is 0 Å². The lowest BCUT2D eigenvalue weighted by molar-refractivity contribution is 0.402. The van der Waals surface area contributed by atoms with E-state index in [4.69, 9.17) is 21.2 Å². The van der Waals surface area contributed by atoms with E-state index in [0.717, 1.165) is 0 Å². The average molecular weight is 178 g/mol. The highest BCUT2D eigenvalue weighted by atomic mass is 16.3. The number of hydrogen-bond acceptors (Lipinski definition) is 4. The first-order valence-electron chi connectivity index (χ1n) is 3.79. The molecule has 0 aliphatic rings. The second-order valence-corrected chi connectivity index (χ2v) is 2.72. The number of nitrogens with zero attached hydrogens (tertiary/aromatic N) is 1. The zero-order valence-electron chi connectivity index (χ0n) is 6.94. The summed E-state index contributed by atoms with van der Waals surface area (Å²) in [6.45, 7) is 0. The van der Waals surface area contributed by atoms with Crippen LogP contribution in [0.5, 0.6) is 11.5 Å². The van der Waals surface area contributed by atoms with E-state index in [0.29, 0.717) is 5.56 Å². The Morgan fingerprint density at radius 1 is 1.38 bits per heavy atom. The molecule has 0 saturated carbocycles. The summed E-state index contributed by atoms with van der Waals surface area (Å²) in [4.78, 5) is 0. The number of benzene rings is 1. The van der Waals surface area contributed by atoms with Gasteiger partial charge in [-0.1, -0.05) is 6.07 Å². The van der Waals surface area contributed by atoms with Gasteiger partial charge in [-0.15, -0.1) is 0 Å². The molecule has 0 fully saturated rings. The van der Waals surface area contributed by atoms with Gasteiger partial charge in [-0.05, 0) is 17.7 Å². The molecule has 0 aliphatic carbocycles. The van der Waals surface area contributed by atoms with Gasteiger partial charge in [-0.25, -0.2) is 0 Å². The summed E-state index contributed by atoms with van der Waals surface area (Å²) in [6, 6.07) is 5.80. The molecular formula is C9H10N2O2. The lowest BCUT2D eigenvalue weighted by Crippen LogP contribution is -2.08. The molecule has 0 aliphatic heterocycles. The smallest absolute Gasteiger partial charge is 0.157 e. The fraction of sp³-hybridized carbons (Fsp3) is 0.222. The predicted molar refractivity (Wildman–Crippen MR) is 46.9 cm³/mol. The number of aromatic hydroxyl groups is 2. The Morgan fingerprint density at radius 3 is 2.62 bits per heavy atom. The third kappa shape index (κ3) is 2.10. The van der Waals surface area contributed by atoms with Crippen LogP contribution in [0.15, 0.2) is 18.2 Å². The number of rotatable bonds is 2. The average Bonchev–Trinajstić information content (AvgIpc) is 2.10. The van der Waals surface area contributed by atoms with Crippen molar-refractivity contribution in [2.45, 2.75) is 12.5 Å². The van der Waals surface area contributed by atoms with E-state index in [9.17, 15) is 0 Å². The van der Waals surface area contributed by atoms with Gasteiger partial charge in [0.05, 0.1) is 12.5 Å². The fourth-order valence-corrected chi connectivity index (χ4v) is 0.987. The molecule has 0 unspecified atom stereocenters. The fourth-order valence-electron chi connectivity index (χ4n) is 0.987. The molecular weight excluding hydrogens is 168 g/mol.